The molecule has 1 atom stereocenters. The van der Waals surface area contributed by atoms with Crippen LogP contribution >= 0.6 is 0 Å². The molecule has 0 bridgehead atoms. The molecule has 5 nitrogen and oxygen atoms in total. The first-order chi connectivity index (χ1) is 18.6. The Morgan fingerprint density at radius 1 is 0.526 bits per heavy atom. The fourth-order valence-electron chi connectivity index (χ4n) is 1.36. The van der Waals surface area contributed by atoms with E-state index >= 15 is 0 Å². The Labute approximate surface area is 223 Å². The zero-order valence-corrected chi connectivity index (χ0v) is 20.1. The number of aliphatic hydroxyl groups excluding tert-OH is 1. The van der Waals surface area contributed by atoms with Gasteiger partial charge in [0, 0.05) is 11.8 Å². The van der Waals surface area contributed by atoms with Crippen molar-refractivity contribution in [2.24, 2.45) is 0 Å². The summed E-state index contributed by atoms with van der Waals surface area (Å²) in [6, 6.07) is 0. The monoisotopic (exact) mass is 488 g/mol. The highest BCUT2D eigenvalue weighted by Gasteiger charge is 2.14. The second-order valence-corrected chi connectivity index (χ2v) is 5.31. The van der Waals surface area contributed by atoms with Crippen LogP contribution in [0.2, 0.25) is 0 Å². The van der Waals surface area contributed by atoms with E-state index in [2.05, 4.69) is 154 Å². The first-order valence-electron chi connectivity index (χ1n) is 9.97. The maximum atomic E-state index is 11.7. The molecule has 0 amide bonds. The SMILES string of the molecule is CC#CC#CC#CC#CC#CC#CC#CC(=O)O[C@H](CO)COC(=O)C#CC#CC#CC#CC#CC#CC. The third kappa shape index (κ3) is 22.4. The van der Waals surface area contributed by atoms with E-state index in [4.69, 9.17) is 9.47 Å². The highest BCUT2D eigenvalue weighted by atomic mass is 16.6. The van der Waals surface area contributed by atoms with Crippen molar-refractivity contribution in [1.82, 2.24) is 0 Å². The molecule has 174 valence electrons. The quantitative estimate of drug-likeness (QED) is 0.329. The molecule has 0 unspecified atom stereocenters. The molecule has 1 N–H and O–H groups in total. The summed E-state index contributed by atoms with van der Waals surface area (Å²) in [4.78, 5) is 23.2. The van der Waals surface area contributed by atoms with E-state index in [0.29, 0.717) is 0 Å². The van der Waals surface area contributed by atoms with Gasteiger partial charge in [-0.05, 0) is 144 Å². The summed E-state index contributed by atoms with van der Waals surface area (Å²) in [5, 5.41) is 9.25. The summed E-state index contributed by atoms with van der Waals surface area (Å²) in [6.07, 6.45) is -1.15. The van der Waals surface area contributed by atoms with Gasteiger partial charge in [0.05, 0.1) is 6.61 Å². The van der Waals surface area contributed by atoms with Crippen LogP contribution in [-0.4, -0.2) is 36.4 Å². The minimum Gasteiger partial charge on any atom is -0.452 e. The molecule has 0 heterocycles. The van der Waals surface area contributed by atoms with Crippen LogP contribution < -0.4 is 0 Å². The van der Waals surface area contributed by atoms with Crippen molar-refractivity contribution in [2.75, 3.05) is 13.2 Å². The van der Waals surface area contributed by atoms with Crippen LogP contribution in [0.25, 0.3) is 0 Å². The molecule has 0 rings (SSSR count). The van der Waals surface area contributed by atoms with E-state index in [0.717, 1.165) is 0 Å². The summed E-state index contributed by atoms with van der Waals surface area (Å²) in [7, 11) is 0. The zero-order valence-electron chi connectivity index (χ0n) is 20.1. The van der Waals surface area contributed by atoms with Gasteiger partial charge in [0.2, 0.25) is 0 Å². The van der Waals surface area contributed by atoms with E-state index in [1.54, 1.807) is 13.8 Å². The van der Waals surface area contributed by atoms with E-state index < -0.39 is 31.3 Å². The number of esters is 2. The van der Waals surface area contributed by atoms with Gasteiger partial charge in [0.1, 0.15) is 6.61 Å². The molecule has 0 radical (unpaired) electrons. The summed E-state index contributed by atoms with van der Waals surface area (Å²) in [5.74, 6) is 60.5. The van der Waals surface area contributed by atoms with Crippen molar-refractivity contribution in [2.45, 2.75) is 20.0 Å². The van der Waals surface area contributed by atoms with Crippen molar-refractivity contribution in [3.8, 4) is 154 Å². The third-order valence-corrected chi connectivity index (χ3v) is 2.71. The van der Waals surface area contributed by atoms with Crippen molar-refractivity contribution in [3.05, 3.63) is 0 Å². The first kappa shape index (κ1) is 31.2. The Kier molecular flexibility index (Phi) is 20.4. The topological polar surface area (TPSA) is 72.8 Å². The van der Waals surface area contributed by atoms with E-state index in [1.165, 1.54) is 0 Å². The van der Waals surface area contributed by atoms with Gasteiger partial charge in [-0.3, -0.25) is 0 Å². The molecule has 0 saturated heterocycles. The van der Waals surface area contributed by atoms with Crippen LogP contribution in [0, 0.1) is 154 Å². The van der Waals surface area contributed by atoms with E-state index in [9.17, 15) is 14.7 Å². The van der Waals surface area contributed by atoms with Crippen LogP contribution in [-0.2, 0) is 19.1 Å². The van der Waals surface area contributed by atoms with Crippen LogP contribution in [0.4, 0.5) is 0 Å². The average Bonchev–Trinajstić information content (AvgIpc) is 2.92. The Morgan fingerprint density at radius 3 is 1.18 bits per heavy atom. The Bertz CT molecular complexity index is 1760. The van der Waals surface area contributed by atoms with Crippen molar-refractivity contribution >= 4 is 11.9 Å². The van der Waals surface area contributed by atoms with Crippen molar-refractivity contribution < 1.29 is 24.2 Å². The highest BCUT2D eigenvalue weighted by Crippen LogP contribution is 1.94. The van der Waals surface area contributed by atoms with Crippen molar-refractivity contribution in [3.63, 3.8) is 0 Å². The second kappa shape index (κ2) is 24.8. The smallest absolute Gasteiger partial charge is 0.385 e. The Morgan fingerprint density at radius 2 is 0.842 bits per heavy atom. The number of hydrogen-bond acceptors (Lipinski definition) is 5. The zero-order chi connectivity index (χ0) is 27.9. The lowest BCUT2D eigenvalue weighted by atomic mass is 10.4. The predicted octanol–water partition coefficient (Wildman–Crippen LogP) is -0.482. The van der Waals surface area contributed by atoms with Crippen LogP contribution in [0.1, 0.15) is 13.8 Å². The molecule has 0 aliphatic heterocycles. The van der Waals surface area contributed by atoms with Crippen LogP contribution in [0.3, 0.4) is 0 Å². The maximum Gasteiger partial charge on any atom is 0.385 e. The number of carbonyl (C=O) groups is 2. The van der Waals surface area contributed by atoms with Gasteiger partial charge in [-0.2, -0.15) is 0 Å². The van der Waals surface area contributed by atoms with Crippen LogP contribution in [0.15, 0.2) is 0 Å². The lowest BCUT2D eigenvalue weighted by molar-refractivity contribution is -0.153. The van der Waals surface area contributed by atoms with Gasteiger partial charge >= 0.3 is 11.9 Å². The second-order valence-electron chi connectivity index (χ2n) is 5.31. The Hall–Kier alpha value is -6.82. The minimum absolute atomic E-state index is 0.444. The number of hydrogen-bond donors (Lipinski definition) is 1. The normalized spacial score (nSPS) is 6.50. The largest absolute Gasteiger partial charge is 0.452 e. The molecule has 0 aromatic carbocycles. The molecular formula is C33H12O5. The van der Waals surface area contributed by atoms with Gasteiger partial charge in [-0.25, -0.2) is 9.59 Å². The molecule has 0 aliphatic carbocycles. The molecular weight excluding hydrogens is 476 g/mol. The number of ether oxygens (including phenoxy) is 2. The molecule has 0 fully saturated rings. The summed E-state index contributed by atoms with van der Waals surface area (Å²) >= 11 is 0. The van der Waals surface area contributed by atoms with Gasteiger partial charge in [-0.1, -0.05) is 11.8 Å². The van der Waals surface area contributed by atoms with Crippen LogP contribution in [0.5, 0.6) is 0 Å². The first-order valence-corrected chi connectivity index (χ1v) is 9.97. The number of aliphatic hydroxyl groups is 1. The predicted molar refractivity (Wildman–Crippen MR) is 140 cm³/mol. The van der Waals surface area contributed by atoms with E-state index in [-0.39, 0.29) is 0 Å². The molecule has 0 aliphatic rings. The van der Waals surface area contributed by atoms with Gasteiger partial charge in [-0.15, -0.1) is 0 Å². The van der Waals surface area contributed by atoms with E-state index in [1.807, 2.05) is 0 Å². The number of rotatable bonds is 4. The molecule has 0 aromatic rings. The third-order valence-electron chi connectivity index (χ3n) is 2.71. The summed E-state index contributed by atoms with van der Waals surface area (Å²) in [5.41, 5.74) is 0. The minimum atomic E-state index is -1.15. The highest BCUT2D eigenvalue weighted by molar-refractivity contribution is 5.90. The molecule has 5 heteroatoms. The summed E-state index contributed by atoms with van der Waals surface area (Å²) < 4.78 is 9.62. The number of carbonyl (C=O) groups excluding carboxylic acids is 2. The maximum absolute atomic E-state index is 11.7. The van der Waals surface area contributed by atoms with Gasteiger partial charge in [0.25, 0.3) is 0 Å². The Balaban J connectivity index is 4.59. The lowest BCUT2D eigenvalue weighted by Gasteiger charge is -2.12. The van der Waals surface area contributed by atoms with Gasteiger partial charge in [0.15, 0.2) is 6.10 Å². The van der Waals surface area contributed by atoms with Crippen molar-refractivity contribution in [1.29, 1.82) is 0 Å². The fraction of sp³-hybridized carbons (Fsp3) is 0.152. The molecule has 0 saturated carbocycles. The standard InChI is InChI=1S/C33H12O5/c1-3-5-7-9-11-13-15-16-18-20-22-24-26-28-33(36)38-31(29-34)30-37-32(35)27-25-23-21-19-17-14-12-10-8-6-4-2/h31,34H,29-30H2,1-2H3/t31-/m1/s1. The fourth-order valence-corrected chi connectivity index (χ4v) is 1.36. The lowest BCUT2D eigenvalue weighted by Crippen LogP contribution is -2.27. The average molecular weight is 488 g/mol. The summed E-state index contributed by atoms with van der Waals surface area (Å²) in [6.45, 7) is 2.26. The molecule has 38 heavy (non-hydrogen) atoms. The molecule has 0 spiro atoms. The molecule has 0 aromatic heterocycles. The van der Waals surface area contributed by atoms with Gasteiger partial charge < -0.3 is 14.6 Å².